The Balaban J connectivity index is 1.26. The fourth-order valence-electron chi connectivity index (χ4n) is 4.78. The average Bonchev–Trinajstić information content (AvgIpc) is 3.27. The smallest absolute Gasteiger partial charge is 0.324 e. The van der Waals surface area contributed by atoms with Crippen LogP contribution in [0, 0.1) is 5.92 Å². The van der Waals surface area contributed by atoms with Gasteiger partial charge in [0.2, 0.25) is 0 Å². The van der Waals surface area contributed by atoms with Crippen LogP contribution in [0.15, 0.2) is 59.1 Å². The van der Waals surface area contributed by atoms with Crippen molar-refractivity contribution in [3.05, 3.63) is 77.0 Å². The summed E-state index contributed by atoms with van der Waals surface area (Å²) in [5.41, 5.74) is 4.57. The number of nitrogens with one attached hydrogen (secondary N) is 2. The average molecular weight is 474 g/mol. The van der Waals surface area contributed by atoms with E-state index in [-0.39, 0.29) is 11.4 Å². The minimum atomic E-state index is -0.341. The molecule has 2 aromatic carbocycles. The maximum atomic E-state index is 12.3. The minimum Gasteiger partial charge on any atom is -0.359 e. The van der Waals surface area contributed by atoms with Crippen molar-refractivity contribution in [1.29, 1.82) is 0 Å². The maximum absolute atomic E-state index is 12.3. The van der Waals surface area contributed by atoms with E-state index in [4.69, 9.17) is 4.52 Å². The van der Waals surface area contributed by atoms with Gasteiger partial charge in [0.05, 0.1) is 0 Å². The molecule has 35 heavy (non-hydrogen) atoms. The van der Waals surface area contributed by atoms with Crippen LogP contribution in [0.5, 0.6) is 0 Å². The summed E-state index contributed by atoms with van der Waals surface area (Å²) in [5.74, 6) is 1.98. The number of aromatic nitrogens is 1. The van der Waals surface area contributed by atoms with E-state index in [1.165, 1.54) is 68.1 Å². The molecule has 1 aliphatic carbocycles. The van der Waals surface area contributed by atoms with Crippen LogP contribution in [0.2, 0.25) is 0 Å². The minimum absolute atomic E-state index is 0.159. The predicted molar refractivity (Wildman–Crippen MR) is 143 cm³/mol. The van der Waals surface area contributed by atoms with Gasteiger partial charge in [-0.15, -0.1) is 0 Å². The number of nitrogens with zero attached hydrogens (tertiary/aromatic N) is 1. The third-order valence-electron chi connectivity index (χ3n) is 6.88. The van der Waals surface area contributed by atoms with Crippen LogP contribution in [-0.2, 0) is 18.3 Å². The molecule has 0 spiro atoms. The molecule has 1 aliphatic rings. The van der Waals surface area contributed by atoms with Gasteiger partial charge in [0, 0.05) is 17.2 Å². The van der Waals surface area contributed by atoms with E-state index < -0.39 is 0 Å². The Morgan fingerprint density at radius 1 is 0.857 bits per heavy atom. The third kappa shape index (κ3) is 7.71. The van der Waals surface area contributed by atoms with Crippen LogP contribution < -0.4 is 10.6 Å². The Morgan fingerprint density at radius 3 is 2.03 bits per heavy atom. The number of urea groups is 1. The van der Waals surface area contributed by atoms with Crippen molar-refractivity contribution in [3.63, 3.8) is 0 Å². The number of anilines is 2. The van der Waals surface area contributed by atoms with Gasteiger partial charge < -0.3 is 9.84 Å². The Hall–Kier alpha value is -3.08. The number of hydrogen-bond acceptors (Lipinski definition) is 3. The van der Waals surface area contributed by atoms with Crippen molar-refractivity contribution < 1.29 is 9.32 Å². The molecule has 1 saturated carbocycles. The van der Waals surface area contributed by atoms with Gasteiger partial charge in [0.25, 0.3) is 0 Å². The first kappa shape index (κ1) is 25.0. The molecule has 5 nitrogen and oxygen atoms in total. The number of benzene rings is 2. The summed E-state index contributed by atoms with van der Waals surface area (Å²) in [7, 11) is 0. The molecule has 0 bridgehead atoms. The largest absolute Gasteiger partial charge is 0.359 e. The Bertz CT molecular complexity index is 1070. The van der Waals surface area contributed by atoms with Crippen LogP contribution >= 0.6 is 0 Å². The monoisotopic (exact) mass is 473 g/mol. The SMILES string of the molecule is CC(C)(C)c1cc(NC(=O)Nc2ccc(Cc3ccc(CC4CCCCCCC4)cc3)cc2)no1. The molecule has 0 atom stereocenters. The lowest BCUT2D eigenvalue weighted by Gasteiger charge is -2.19. The van der Waals surface area contributed by atoms with Crippen molar-refractivity contribution in [2.45, 2.75) is 84.0 Å². The Morgan fingerprint density at radius 2 is 1.43 bits per heavy atom. The van der Waals surface area contributed by atoms with Crippen molar-refractivity contribution in [3.8, 4) is 0 Å². The highest BCUT2D eigenvalue weighted by molar-refractivity contribution is 5.99. The second kappa shape index (κ2) is 11.6. The van der Waals surface area contributed by atoms with E-state index in [0.717, 1.165) is 23.8 Å². The third-order valence-corrected chi connectivity index (χ3v) is 6.88. The van der Waals surface area contributed by atoms with Crippen LogP contribution in [0.3, 0.4) is 0 Å². The van der Waals surface area contributed by atoms with Gasteiger partial charge in [-0.05, 0) is 47.6 Å². The predicted octanol–water partition coefficient (Wildman–Crippen LogP) is 8.11. The summed E-state index contributed by atoms with van der Waals surface area (Å²) < 4.78 is 5.31. The van der Waals surface area contributed by atoms with Crippen molar-refractivity contribution in [2.75, 3.05) is 10.6 Å². The lowest BCUT2D eigenvalue weighted by molar-refractivity contribution is 0.262. The molecule has 3 aromatic rings. The quantitative estimate of drug-likeness (QED) is 0.380. The number of carbonyl (C=O) groups excluding carboxylic acids is 1. The summed E-state index contributed by atoms with van der Waals surface area (Å²) in [6.07, 6.45) is 11.9. The maximum Gasteiger partial charge on any atom is 0.324 e. The summed E-state index contributed by atoms with van der Waals surface area (Å²) in [5, 5.41) is 9.50. The first-order valence-electron chi connectivity index (χ1n) is 13.1. The summed E-state index contributed by atoms with van der Waals surface area (Å²) in [6.45, 7) is 6.10. The molecule has 4 rings (SSSR count). The topological polar surface area (TPSA) is 67.2 Å². The highest BCUT2D eigenvalue weighted by Crippen LogP contribution is 2.26. The number of amides is 2. The summed E-state index contributed by atoms with van der Waals surface area (Å²) >= 11 is 0. The molecule has 0 unspecified atom stereocenters. The number of hydrogen-bond donors (Lipinski definition) is 2. The second-order valence-corrected chi connectivity index (χ2v) is 11.0. The number of carbonyl (C=O) groups is 1. The van der Waals surface area contributed by atoms with E-state index in [9.17, 15) is 4.79 Å². The molecule has 0 radical (unpaired) electrons. The molecule has 186 valence electrons. The van der Waals surface area contributed by atoms with Crippen LogP contribution in [0.25, 0.3) is 0 Å². The summed E-state index contributed by atoms with van der Waals surface area (Å²) in [4.78, 5) is 12.3. The Labute approximate surface area is 209 Å². The lowest BCUT2D eigenvalue weighted by Crippen LogP contribution is -2.19. The summed E-state index contributed by atoms with van der Waals surface area (Å²) in [6, 6.07) is 18.5. The van der Waals surface area contributed by atoms with Gasteiger partial charge >= 0.3 is 6.03 Å². The van der Waals surface area contributed by atoms with Crippen LogP contribution in [-0.4, -0.2) is 11.2 Å². The molecule has 5 heteroatoms. The fraction of sp³-hybridized carbons (Fsp3) is 0.467. The highest BCUT2D eigenvalue weighted by atomic mass is 16.5. The van der Waals surface area contributed by atoms with Crippen LogP contribution in [0.1, 0.15) is 88.2 Å². The molecule has 0 saturated heterocycles. The lowest BCUT2D eigenvalue weighted by atomic mass is 9.86. The zero-order chi connectivity index (χ0) is 24.7. The molecular weight excluding hydrogens is 434 g/mol. The first-order chi connectivity index (χ1) is 16.8. The van der Waals surface area contributed by atoms with E-state index in [2.05, 4.69) is 52.2 Å². The normalized spacial score (nSPS) is 15.3. The zero-order valence-corrected chi connectivity index (χ0v) is 21.4. The van der Waals surface area contributed by atoms with E-state index in [1.54, 1.807) is 6.07 Å². The van der Waals surface area contributed by atoms with E-state index >= 15 is 0 Å². The van der Waals surface area contributed by atoms with Crippen molar-refractivity contribution in [1.82, 2.24) is 5.16 Å². The van der Waals surface area contributed by atoms with Gasteiger partial charge in [-0.3, -0.25) is 5.32 Å². The standard InChI is InChI=1S/C30H39N3O2/c1-30(2,3)27-21-28(33-35-27)32-29(34)31-26-17-15-25(16-18-26)20-24-13-11-23(12-14-24)19-22-9-7-5-4-6-8-10-22/h11-18,21-22H,4-10,19-20H2,1-3H3,(H2,31,32,33,34). The molecular formula is C30H39N3O2. The first-order valence-corrected chi connectivity index (χ1v) is 13.1. The van der Waals surface area contributed by atoms with Gasteiger partial charge in [-0.1, -0.05) is 107 Å². The van der Waals surface area contributed by atoms with Crippen molar-refractivity contribution >= 4 is 17.5 Å². The van der Waals surface area contributed by atoms with Gasteiger partial charge in [0.1, 0.15) is 5.76 Å². The molecule has 2 amide bonds. The van der Waals surface area contributed by atoms with Gasteiger partial charge in [-0.2, -0.15) is 0 Å². The highest BCUT2D eigenvalue weighted by Gasteiger charge is 2.20. The zero-order valence-electron chi connectivity index (χ0n) is 21.4. The Kier molecular flexibility index (Phi) is 8.27. The van der Waals surface area contributed by atoms with E-state index in [0.29, 0.717) is 5.82 Å². The van der Waals surface area contributed by atoms with Gasteiger partial charge in [-0.25, -0.2) is 4.79 Å². The molecule has 1 aromatic heterocycles. The molecule has 0 aliphatic heterocycles. The molecule has 1 fully saturated rings. The van der Waals surface area contributed by atoms with E-state index in [1.807, 2.05) is 32.9 Å². The van der Waals surface area contributed by atoms with Crippen LogP contribution in [0.4, 0.5) is 16.3 Å². The molecule has 2 N–H and O–H groups in total. The fourth-order valence-corrected chi connectivity index (χ4v) is 4.78. The molecule has 1 heterocycles. The second-order valence-electron chi connectivity index (χ2n) is 11.0. The van der Waals surface area contributed by atoms with Crippen molar-refractivity contribution in [2.24, 2.45) is 5.92 Å². The number of rotatable bonds is 6. The van der Waals surface area contributed by atoms with Gasteiger partial charge in [0.15, 0.2) is 5.82 Å².